The van der Waals surface area contributed by atoms with Crippen LogP contribution in [0.2, 0.25) is 0 Å². The number of allylic oxidation sites excluding steroid dienone is 2. The van der Waals surface area contributed by atoms with Crippen molar-refractivity contribution in [1.82, 2.24) is 0 Å². The molecule has 4 aliphatic carbocycles. The molecular formula is C30H52O4. The molecule has 4 heteroatoms. The van der Waals surface area contributed by atoms with Crippen LogP contribution in [0.4, 0.5) is 0 Å². The fourth-order valence-electron chi connectivity index (χ4n) is 10.5. The summed E-state index contributed by atoms with van der Waals surface area (Å²) in [5, 5.41) is 46.0. The molecule has 0 unspecified atom stereocenters. The fourth-order valence-corrected chi connectivity index (χ4v) is 10.5. The van der Waals surface area contributed by atoms with Crippen LogP contribution in [0, 0.1) is 45.3 Å². The van der Waals surface area contributed by atoms with E-state index >= 15 is 0 Å². The smallest absolute Gasteiger partial charge is 0.0654 e. The largest absolute Gasteiger partial charge is 0.393 e. The molecule has 0 saturated heterocycles. The molecule has 0 spiro atoms. The van der Waals surface area contributed by atoms with Gasteiger partial charge in [0.1, 0.15) is 0 Å². The summed E-state index contributed by atoms with van der Waals surface area (Å²) in [5.41, 5.74) is -0.230. The van der Waals surface area contributed by atoms with Crippen molar-refractivity contribution in [3.63, 3.8) is 0 Å². The zero-order valence-electron chi connectivity index (χ0n) is 23.1. The van der Waals surface area contributed by atoms with Gasteiger partial charge in [-0.25, -0.2) is 0 Å². The number of hydrogen-bond acceptors (Lipinski definition) is 4. The van der Waals surface area contributed by atoms with Crippen molar-refractivity contribution in [2.75, 3.05) is 0 Å². The molecule has 11 atom stereocenters. The average molecular weight is 477 g/mol. The molecule has 4 saturated carbocycles. The first-order chi connectivity index (χ1) is 15.5. The van der Waals surface area contributed by atoms with Crippen LogP contribution in [-0.4, -0.2) is 44.3 Å². The molecule has 4 fully saturated rings. The van der Waals surface area contributed by atoms with Crippen LogP contribution in [0.1, 0.15) is 107 Å². The van der Waals surface area contributed by atoms with Crippen LogP contribution in [0.25, 0.3) is 0 Å². The fraction of sp³-hybridized carbons (Fsp3) is 0.933. The lowest BCUT2D eigenvalue weighted by atomic mass is 9.34. The maximum absolute atomic E-state index is 11.8. The second-order valence-electron chi connectivity index (χ2n) is 14.7. The lowest BCUT2D eigenvalue weighted by molar-refractivity contribution is -0.274. The highest BCUT2D eigenvalue weighted by Crippen LogP contribution is 2.75. The molecule has 0 aromatic rings. The molecule has 4 N–H and O–H groups in total. The third kappa shape index (κ3) is 3.60. The van der Waals surface area contributed by atoms with Gasteiger partial charge in [-0.05, 0) is 117 Å². The minimum absolute atomic E-state index is 0.0264. The third-order valence-corrected chi connectivity index (χ3v) is 12.3. The van der Waals surface area contributed by atoms with E-state index in [1.165, 1.54) is 5.57 Å². The highest BCUT2D eigenvalue weighted by atomic mass is 16.3. The van der Waals surface area contributed by atoms with E-state index in [0.717, 1.165) is 51.4 Å². The van der Waals surface area contributed by atoms with E-state index in [1.54, 1.807) is 0 Å². The predicted octanol–water partition coefficient (Wildman–Crippen LogP) is 5.47. The first-order valence-electron chi connectivity index (χ1n) is 13.9. The van der Waals surface area contributed by atoms with Crippen molar-refractivity contribution in [3.8, 4) is 0 Å². The van der Waals surface area contributed by atoms with E-state index in [0.29, 0.717) is 5.92 Å². The van der Waals surface area contributed by atoms with Crippen molar-refractivity contribution in [2.24, 2.45) is 45.3 Å². The minimum atomic E-state index is -0.810. The summed E-state index contributed by atoms with van der Waals surface area (Å²) >= 11 is 0. The normalized spacial score (nSPS) is 51.6. The van der Waals surface area contributed by atoms with E-state index in [2.05, 4.69) is 54.5 Å². The van der Waals surface area contributed by atoms with Gasteiger partial charge in [-0.2, -0.15) is 0 Å². The lowest BCUT2D eigenvalue weighted by Gasteiger charge is -2.71. The van der Waals surface area contributed by atoms with Gasteiger partial charge in [0, 0.05) is 0 Å². The third-order valence-electron chi connectivity index (χ3n) is 12.3. The van der Waals surface area contributed by atoms with Crippen LogP contribution in [-0.2, 0) is 0 Å². The Hall–Kier alpha value is -0.420. The van der Waals surface area contributed by atoms with Crippen LogP contribution in [0.15, 0.2) is 11.6 Å². The summed E-state index contributed by atoms with van der Waals surface area (Å²) in [6.07, 6.45) is 7.54. The molecule has 196 valence electrons. The van der Waals surface area contributed by atoms with Crippen molar-refractivity contribution in [3.05, 3.63) is 11.6 Å². The van der Waals surface area contributed by atoms with Gasteiger partial charge in [-0.3, -0.25) is 0 Å². The minimum Gasteiger partial charge on any atom is -0.393 e. The van der Waals surface area contributed by atoms with E-state index < -0.39 is 23.9 Å². The summed E-state index contributed by atoms with van der Waals surface area (Å²) in [7, 11) is 0. The van der Waals surface area contributed by atoms with Crippen LogP contribution >= 0.6 is 0 Å². The number of aliphatic hydroxyl groups excluding tert-OH is 3. The zero-order chi connectivity index (χ0) is 25.5. The van der Waals surface area contributed by atoms with Gasteiger partial charge < -0.3 is 20.4 Å². The average Bonchev–Trinajstić information content (AvgIpc) is 3.07. The Morgan fingerprint density at radius 3 is 2.21 bits per heavy atom. The second kappa shape index (κ2) is 8.30. The molecule has 4 nitrogen and oxygen atoms in total. The summed E-state index contributed by atoms with van der Waals surface area (Å²) in [6, 6.07) is 0. The highest BCUT2D eigenvalue weighted by Gasteiger charge is 2.72. The number of aliphatic hydroxyl groups is 4. The maximum Gasteiger partial charge on any atom is 0.0654 e. The molecule has 0 heterocycles. The van der Waals surface area contributed by atoms with Gasteiger partial charge in [0.25, 0.3) is 0 Å². The molecule has 34 heavy (non-hydrogen) atoms. The summed E-state index contributed by atoms with van der Waals surface area (Å²) < 4.78 is 0. The van der Waals surface area contributed by atoms with Crippen molar-refractivity contribution >= 4 is 0 Å². The summed E-state index contributed by atoms with van der Waals surface area (Å²) in [5.74, 6) is 0.442. The topological polar surface area (TPSA) is 80.9 Å². The number of rotatable bonds is 4. The molecule has 0 radical (unpaired) electrons. The lowest BCUT2D eigenvalue weighted by Crippen LogP contribution is -2.69. The van der Waals surface area contributed by atoms with E-state index in [9.17, 15) is 20.4 Å². The van der Waals surface area contributed by atoms with E-state index in [1.807, 2.05) is 6.92 Å². The van der Waals surface area contributed by atoms with Crippen molar-refractivity contribution in [2.45, 2.75) is 131 Å². The molecule has 0 bridgehead atoms. The van der Waals surface area contributed by atoms with Crippen molar-refractivity contribution in [1.29, 1.82) is 0 Å². The Balaban J connectivity index is 1.70. The van der Waals surface area contributed by atoms with Crippen LogP contribution < -0.4 is 0 Å². The molecule has 0 aromatic carbocycles. The van der Waals surface area contributed by atoms with E-state index in [-0.39, 0.29) is 39.4 Å². The van der Waals surface area contributed by atoms with Crippen LogP contribution in [0.5, 0.6) is 0 Å². The standard InChI is InChI=1S/C30H52O4/c1-18(2)10-9-13-30(8,34)19-11-15-28(6)24(19)20(31)16-22-27(5)14-12-23(33)26(3,4)25(27)21(32)17-29(22,28)7/h10,19-25,31-34H,9,11-17H2,1-8H3/t19-,20-,21-,22-,23+,24-,25-,27+,28+,29+,30-/m0/s1. The van der Waals surface area contributed by atoms with Gasteiger partial charge in [-0.1, -0.05) is 46.3 Å². The molecule has 0 aromatic heterocycles. The Kier molecular flexibility index (Phi) is 6.50. The molecule has 4 aliphatic rings. The maximum atomic E-state index is 11.8. The Morgan fingerprint density at radius 1 is 0.941 bits per heavy atom. The van der Waals surface area contributed by atoms with Gasteiger partial charge in [0.05, 0.1) is 23.9 Å². The molecular weight excluding hydrogens is 424 g/mol. The molecule has 0 amide bonds. The van der Waals surface area contributed by atoms with Gasteiger partial charge in [0.15, 0.2) is 0 Å². The van der Waals surface area contributed by atoms with Gasteiger partial charge >= 0.3 is 0 Å². The Bertz CT molecular complexity index is 813. The van der Waals surface area contributed by atoms with Crippen LogP contribution in [0.3, 0.4) is 0 Å². The van der Waals surface area contributed by atoms with Crippen molar-refractivity contribution < 1.29 is 20.4 Å². The summed E-state index contributed by atoms with van der Waals surface area (Å²) in [4.78, 5) is 0. The number of fused-ring (bicyclic) bond motifs is 5. The molecule has 0 aliphatic heterocycles. The zero-order valence-corrected chi connectivity index (χ0v) is 23.1. The van der Waals surface area contributed by atoms with Gasteiger partial charge in [0.2, 0.25) is 0 Å². The SMILES string of the molecule is CC(C)=CCC[C@](C)(O)[C@H]1CC[C@]2(C)[C@@H]1[C@@H](O)C[C@H]1[C@@]3(C)CC[C@@H](O)C(C)(C)[C@@H]3[C@@H](O)C[C@]12C. The van der Waals surface area contributed by atoms with Gasteiger partial charge in [-0.15, -0.1) is 0 Å². The second-order valence-corrected chi connectivity index (χ2v) is 14.7. The first-order valence-corrected chi connectivity index (χ1v) is 13.9. The monoisotopic (exact) mass is 476 g/mol. The summed E-state index contributed by atoms with van der Waals surface area (Å²) in [6.45, 7) is 17.5. The van der Waals surface area contributed by atoms with E-state index in [4.69, 9.17) is 0 Å². The highest BCUT2D eigenvalue weighted by molar-refractivity contribution is 5.21. The molecule has 4 rings (SSSR count). The Labute approximate surface area is 208 Å². The quantitative estimate of drug-likeness (QED) is 0.406. The first kappa shape index (κ1) is 26.6. The Morgan fingerprint density at radius 2 is 1.59 bits per heavy atom. The predicted molar refractivity (Wildman–Crippen MR) is 137 cm³/mol. The number of hydrogen-bond donors (Lipinski definition) is 4.